The van der Waals surface area contributed by atoms with Gasteiger partial charge < -0.3 is 11.1 Å². The van der Waals surface area contributed by atoms with Gasteiger partial charge in [-0.25, -0.2) is 4.98 Å². The molecule has 0 bridgehead atoms. The maximum Gasteiger partial charge on any atom is 0.243 e. The summed E-state index contributed by atoms with van der Waals surface area (Å²) in [5, 5.41) is 5.10. The van der Waals surface area contributed by atoms with E-state index < -0.39 is 6.04 Å². The van der Waals surface area contributed by atoms with Gasteiger partial charge in [-0.1, -0.05) is 30.3 Å². The molecule has 4 nitrogen and oxygen atoms in total. The zero-order chi connectivity index (χ0) is 12.8. The number of nitrogens with one attached hydrogen (secondary N) is 1. The summed E-state index contributed by atoms with van der Waals surface area (Å²) in [5.74, 6) is -0.180. The summed E-state index contributed by atoms with van der Waals surface area (Å²) in [4.78, 5) is 15.8. The lowest BCUT2D eigenvalue weighted by Gasteiger charge is -2.10. The number of rotatable bonds is 5. The maximum atomic E-state index is 11.8. The van der Waals surface area contributed by atoms with E-state index in [0.717, 1.165) is 6.42 Å². The molecule has 0 aliphatic rings. The van der Waals surface area contributed by atoms with E-state index in [-0.39, 0.29) is 5.91 Å². The number of nitrogens with zero attached hydrogens (tertiary/aromatic N) is 1. The lowest BCUT2D eigenvalue weighted by molar-refractivity contribution is -0.117. The number of carbonyl (C=O) groups excluding carboxylic acids is 1. The Morgan fingerprint density at radius 3 is 2.83 bits per heavy atom. The van der Waals surface area contributed by atoms with Crippen molar-refractivity contribution in [3.05, 3.63) is 47.5 Å². The molecule has 0 aliphatic carbocycles. The van der Waals surface area contributed by atoms with Crippen LogP contribution in [0.15, 0.2) is 41.9 Å². The van der Waals surface area contributed by atoms with E-state index in [2.05, 4.69) is 10.3 Å². The number of carbonyl (C=O) groups is 1. The largest absolute Gasteiger partial charge is 0.320 e. The average Bonchev–Trinajstić information content (AvgIpc) is 2.90. The molecule has 0 radical (unpaired) electrons. The Kier molecular flexibility index (Phi) is 4.44. The highest BCUT2D eigenvalue weighted by atomic mass is 32.1. The van der Waals surface area contributed by atoms with Crippen LogP contribution in [0.4, 0.5) is 5.13 Å². The van der Waals surface area contributed by atoms with E-state index in [1.807, 2.05) is 35.7 Å². The molecule has 1 aromatic heterocycles. The summed E-state index contributed by atoms with van der Waals surface area (Å²) in [7, 11) is 0. The molecule has 2 rings (SSSR count). The molecule has 1 atom stereocenters. The highest BCUT2D eigenvalue weighted by Gasteiger charge is 2.14. The molecule has 18 heavy (non-hydrogen) atoms. The molecule has 2 aromatic rings. The van der Waals surface area contributed by atoms with Crippen LogP contribution in [-0.2, 0) is 11.2 Å². The molecule has 5 heteroatoms. The first-order valence-electron chi connectivity index (χ1n) is 5.75. The van der Waals surface area contributed by atoms with Crippen LogP contribution < -0.4 is 11.1 Å². The second-order valence-corrected chi connectivity index (χ2v) is 4.85. The van der Waals surface area contributed by atoms with Crippen molar-refractivity contribution in [2.75, 3.05) is 5.32 Å². The first kappa shape index (κ1) is 12.7. The average molecular weight is 261 g/mol. The van der Waals surface area contributed by atoms with Crippen LogP contribution >= 0.6 is 11.3 Å². The number of benzene rings is 1. The van der Waals surface area contributed by atoms with Gasteiger partial charge in [0.2, 0.25) is 5.91 Å². The van der Waals surface area contributed by atoms with E-state index in [1.165, 1.54) is 16.9 Å². The Bertz CT molecular complexity index is 484. The normalized spacial score (nSPS) is 12.1. The molecule has 1 amide bonds. The highest BCUT2D eigenvalue weighted by Crippen LogP contribution is 2.11. The van der Waals surface area contributed by atoms with Gasteiger partial charge in [-0.15, -0.1) is 11.3 Å². The molecule has 0 spiro atoms. The van der Waals surface area contributed by atoms with Crippen molar-refractivity contribution in [2.24, 2.45) is 5.73 Å². The van der Waals surface area contributed by atoms with Crippen LogP contribution in [-0.4, -0.2) is 16.9 Å². The van der Waals surface area contributed by atoms with Gasteiger partial charge in [0.25, 0.3) is 0 Å². The zero-order valence-corrected chi connectivity index (χ0v) is 10.7. The molecule has 0 fully saturated rings. The van der Waals surface area contributed by atoms with Crippen molar-refractivity contribution in [1.29, 1.82) is 0 Å². The van der Waals surface area contributed by atoms with Gasteiger partial charge in [0.15, 0.2) is 5.13 Å². The molecular weight excluding hydrogens is 246 g/mol. The molecule has 0 saturated heterocycles. The van der Waals surface area contributed by atoms with Crippen LogP contribution in [0.1, 0.15) is 12.0 Å². The third-order valence-electron chi connectivity index (χ3n) is 2.59. The predicted molar refractivity (Wildman–Crippen MR) is 73.5 cm³/mol. The second-order valence-electron chi connectivity index (χ2n) is 3.96. The number of thiazole rings is 1. The SMILES string of the molecule is NC(CCc1ccccc1)C(=O)Nc1nccs1. The Balaban J connectivity index is 1.81. The van der Waals surface area contributed by atoms with Gasteiger partial charge in [-0.05, 0) is 18.4 Å². The quantitative estimate of drug-likeness (QED) is 0.865. The number of nitrogens with two attached hydrogens (primary N) is 1. The maximum absolute atomic E-state index is 11.8. The lowest BCUT2D eigenvalue weighted by atomic mass is 10.1. The number of aryl methyl sites for hydroxylation is 1. The Morgan fingerprint density at radius 2 is 2.17 bits per heavy atom. The van der Waals surface area contributed by atoms with Crippen LogP contribution in [0, 0.1) is 0 Å². The third-order valence-corrected chi connectivity index (χ3v) is 3.27. The molecule has 1 aromatic carbocycles. The molecule has 1 heterocycles. The monoisotopic (exact) mass is 261 g/mol. The third kappa shape index (κ3) is 3.65. The summed E-state index contributed by atoms with van der Waals surface area (Å²) < 4.78 is 0. The van der Waals surface area contributed by atoms with Gasteiger partial charge in [-0.2, -0.15) is 0 Å². The van der Waals surface area contributed by atoms with Gasteiger partial charge in [0, 0.05) is 11.6 Å². The summed E-state index contributed by atoms with van der Waals surface area (Å²) in [6, 6.07) is 9.50. The van der Waals surface area contributed by atoms with Gasteiger partial charge in [0.05, 0.1) is 6.04 Å². The molecular formula is C13H15N3OS. The summed E-state index contributed by atoms with van der Waals surface area (Å²) in [6.07, 6.45) is 3.07. The predicted octanol–water partition coefficient (Wildman–Crippen LogP) is 2.04. The summed E-state index contributed by atoms with van der Waals surface area (Å²) in [5.41, 5.74) is 7.04. The van der Waals surface area contributed by atoms with E-state index in [1.54, 1.807) is 6.20 Å². The highest BCUT2D eigenvalue weighted by molar-refractivity contribution is 7.13. The second kappa shape index (κ2) is 6.28. The van der Waals surface area contributed by atoms with Gasteiger partial charge >= 0.3 is 0 Å². The number of anilines is 1. The van der Waals surface area contributed by atoms with Crippen molar-refractivity contribution in [3.63, 3.8) is 0 Å². The van der Waals surface area contributed by atoms with E-state index in [0.29, 0.717) is 11.6 Å². The van der Waals surface area contributed by atoms with Gasteiger partial charge in [-0.3, -0.25) is 4.79 Å². The number of hydrogen-bond donors (Lipinski definition) is 2. The summed E-state index contributed by atoms with van der Waals surface area (Å²) in [6.45, 7) is 0. The topological polar surface area (TPSA) is 68.0 Å². The lowest BCUT2D eigenvalue weighted by Crippen LogP contribution is -2.35. The van der Waals surface area contributed by atoms with E-state index in [9.17, 15) is 4.79 Å². The molecule has 0 saturated carbocycles. The van der Waals surface area contributed by atoms with Crippen molar-refractivity contribution >= 4 is 22.4 Å². The fraction of sp³-hybridized carbons (Fsp3) is 0.231. The van der Waals surface area contributed by atoms with Crippen LogP contribution in [0.3, 0.4) is 0 Å². The Hall–Kier alpha value is -1.72. The minimum absolute atomic E-state index is 0.180. The molecule has 0 aliphatic heterocycles. The van der Waals surface area contributed by atoms with Crippen molar-refractivity contribution in [1.82, 2.24) is 4.98 Å². The fourth-order valence-corrected chi connectivity index (χ4v) is 2.11. The Labute approximate surface area is 110 Å². The number of hydrogen-bond acceptors (Lipinski definition) is 4. The van der Waals surface area contributed by atoms with Crippen molar-refractivity contribution in [3.8, 4) is 0 Å². The summed E-state index contributed by atoms with van der Waals surface area (Å²) >= 11 is 1.38. The Morgan fingerprint density at radius 1 is 1.39 bits per heavy atom. The minimum atomic E-state index is -0.505. The smallest absolute Gasteiger partial charge is 0.243 e. The minimum Gasteiger partial charge on any atom is -0.320 e. The first-order chi connectivity index (χ1) is 8.75. The van der Waals surface area contributed by atoms with Crippen molar-refractivity contribution < 1.29 is 4.79 Å². The number of aromatic nitrogens is 1. The molecule has 3 N–H and O–H groups in total. The van der Waals surface area contributed by atoms with Gasteiger partial charge in [0.1, 0.15) is 0 Å². The number of amides is 1. The molecule has 1 unspecified atom stereocenters. The van der Waals surface area contributed by atoms with Crippen LogP contribution in [0.5, 0.6) is 0 Å². The first-order valence-corrected chi connectivity index (χ1v) is 6.63. The van der Waals surface area contributed by atoms with Crippen LogP contribution in [0.2, 0.25) is 0 Å². The van der Waals surface area contributed by atoms with Crippen LogP contribution in [0.25, 0.3) is 0 Å². The standard InChI is InChI=1S/C13H15N3OS/c14-11(7-6-10-4-2-1-3-5-10)12(17)16-13-15-8-9-18-13/h1-5,8-9,11H,6-7,14H2,(H,15,16,17). The van der Waals surface area contributed by atoms with E-state index in [4.69, 9.17) is 5.73 Å². The zero-order valence-electron chi connectivity index (χ0n) is 9.87. The van der Waals surface area contributed by atoms with Crippen molar-refractivity contribution in [2.45, 2.75) is 18.9 Å². The molecule has 94 valence electrons. The fourth-order valence-electron chi connectivity index (χ4n) is 1.58. The van der Waals surface area contributed by atoms with E-state index >= 15 is 0 Å².